The molecule has 0 saturated heterocycles. The van der Waals surface area contributed by atoms with Crippen molar-refractivity contribution in [2.24, 2.45) is 0 Å². The van der Waals surface area contributed by atoms with Gasteiger partial charge in [0.1, 0.15) is 0 Å². The summed E-state index contributed by atoms with van der Waals surface area (Å²) in [5, 5.41) is 6.96. The molecule has 0 fully saturated rings. The summed E-state index contributed by atoms with van der Waals surface area (Å²) in [6.07, 6.45) is 3.75. The van der Waals surface area contributed by atoms with Gasteiger partial charge in [-0.15, -0.1) is 0 Å². The van der Waals surface area contributed by atoms with E-state index < -0.39 is 4.32 Å². The van der Waals surface area contributed by atoms with Crippen LogP contribution in [0, 0.1) is 6.92 Å². The van der Waals surface area contributed by atoms with Gasteiger partial charge in [0.25, 0.3) is 0 Å². The molecule has 0 aliphatic rings. The Kier molecular flexibility index (Phi) is 3.90. The van der Waals surface area contributed by atoms with Gasteiger partial charge in [-0.2, -0.15) is 5.10 Å². The van der Waals surface area contributed by atoms with E-state index in [1.807, 2.05) is 31.6 Å². The van der Waals surface area contributed by atoms with Gasteiger partial charge in [0.15, 0.2) is 0 Å². The van der Waals surface area contributed by atoms with E-state index in [1.165, 1.54) is 0 Å². The highest BCUT2D eigenvalue weighted by molar-refractivity contribution is 9.10. The molecule has 1 aromatic rings. The van der Waals surface area contributed by atoms with Crippen LogP contribution in [0.3, 0.4) is 0 Å². The lowest BCUT2D eigenvalue weighted by molar-refractivity contribution is -0.122. The van der Waals surface area contributed by atoms with Crippen LogP contribution in [0.15, 0.2) is 12.4 Å². The van der Waals surface area contributed by atoms with Crippen molar-refractivity contribution in [1.29, 1.82) is 0 Å². The second-order valence-electron chi connectivity index (χ2n) is 4.01. The standard InChI is InChI=1S/C10H16BrN3O/c1-8-6-13-14(7-8)5-4-12-9(15)10(2,3)11/h6-7H,4-5H2,1-3H3,(H,12,15). The van der Waals surface area contributed by atoms with E-state index >= 15 is 0 Å². The van der Waals surface area contributed by atoms with Crippen LogP contribution in [0.1, 0.15) is 19.4 Å². The van der Waals surface area contributed by atoms with Gasteiger partial charge >= 0.3 is 0 Å². The molecule has 0 bridgehead atoms. The number of aromatic nitrogens is 2. The van der Waals surface area contributed by atoms with Gasteiger partial charge < -0.3 is 5.32 Å². The van der Waals surface area contributed by atoms with Gasteiger partial charge in [0.05, 0.1) is 17.1 Å². The summed E-state index contributed by atoms with van der Waals surface area (Å²) in [6, 6.07) is 0. The maximum atomic E-state index is 11.5. The highest BCUT2D eigenvalue weighted by Crippen LogP contribution is 2.14. The molecular formula is C10H16BrN3O. The Bertz CT molecular complexity index is 341. The number of nitrogens with zero attached hydrogens (tertiary/aromatic N) is 2. The van der Waals surface area contributed by atoms with E-state index in [1.54, 1.807) is 6.20 Å². The maximum absolute atomic E-state index is 11.5. The van der Waals surface area contributed by atoms with Crippen LogP contribution in [-0.4, -0.2) is 26.6 Å². The Morgan fingerprint density at radius 1 is 1.67 bits per heavy atom. The van der Waals surface area contributed by atoms with Crippen molar-refractivity contribution in [3.8, 4) is 0 Å². The van der Waals surface area contributed by atoms with E-state index in [2.05, 4.69) is 26.3 Å². The maximum Gasteiger partial charge on any atom is 0.236 e. The molecule has 0 aliphatic heterocycles. The summed E-state index contributed by atoms with van der Waals surface area (Å²) in [7, 11) is 0. The van der Waals surface area contributed by atoms with Crippen LogP contribution in [0.4, 0.5) is 0 Å². The van der Waals surface area contributed by atoms with Crippen molar-refractivity contribution in [2.45, 2.75) is 31.6 Å². The smallest absolute Gasteiger partial charge is 0.236 e. The predicted octanol–water partition coefficient (Wildman–Crippen LogP) is 1.48. The predicted molar refractivity (Wildman–Crippen MR) is 63.0 cm³/mol. The number of amides is 1. The van der Waals surface area contributed by atoms with Crippen LogP contribution in [-0.2, 0) is 11.3 Å². The molecule has 0 radical (unpaired) electrons. The Labute approximate surface area is 98.2 Å². The van der Waals surface area contributed by atoms with Crippen molar-refractivity contribution in [1.82, 2.24) is 15.1 Å². The number of hydrogen-bond acceptors (Lipinski definition) is 2. The number of carbonyl (C=O) groups excluding carboxylic acids is 1. The minimum atomic E-state index is -0.507. The molecule has 0 atom stereocenters. The zero-order valence-corrected chi connectivity index (χ0v) is 10.8. The second kappa shape index (κ2) is 4.79. The highest BCUT2D eigenvalue weighted by atomic mass is 79.9. The molecule has 84 valence electrons. The van der Waals surface area contributed by atoms with Crippen molar-refractivity contribution in [3.05, 3.63) is 18.0 Å². The molecule has 1 heterocycles. The van der Waals surface area contributed by atoms with E-state index in [-0.39, 0.29) is 5.91 Å². The molecule has 0 unspecified atom stereocenters. The van der Waals surface area contributed by atoms with Crippen LogP contribution < -0.4 is 5.32 Å². The van der Waals surface area contributed by atoms with Gasteiger partial charge in [-0.3, -0.25) is 9.48 Å². The molecule has 1 N–H and O–H groups in total. The fourth-order valence-electron chi connectivity index (χ4n) is 1.08. The number of rotatable bonds is 4. The molecule has 0 aliphatic carbocycles. The van der Waals surface area contributed by atoms with Gasteiger partial charge in [-0.1, -0.05) is 15.9 Å². The van der Waals surface area contributed by atoms with Crippen LogP contribution >= 0.6 is 15.9 Å². The SMILES string of the molecule is Cc1cnn(CCNC(=O)C(C)(C)Br)c1. The molecule has 1 rings (SSSR count). The average Bonchev–Trinajstić information content (AvgIpc) is 2.49. The lowest BCUT2D eigenvalue weighted by Gasteiger charge is -2.15. The summed E-state index contributed by atoms with van der Waals surface area (Å²) in [4.78, 5) is 11.5. The Balaban J connectivity index is 2.31. The summed E-state index contributed by atoms with van der Waals surface area (Å²) in [6.45, 7) is 6.92. The summed E-state index contributed by atoms with van der Waals surface area (Å²) in [5.74, 6) is -0.00798. The number of alkyl halides is 1. The molecule has 1 amide bonds. The van der Waals surface area contributed by atoms with Gasteiger partial charge in [0, 0.05) is 12.7 Å². The number of hydrogen-bond donors (Lipinski definition) is 1. The lowest BCUT2D eigenvalue weighted by atomic mass is 10.2. The van der Waals surface area contributed by atoms with Crippen molar-refractivity contribution < 1.29 is 4.79 Å². The second-order valence-corrected chi connectivity index (χ2v) is 5.99. The Morgan fingerprint density at radius 3 is 2.80 bits per heavy atom. The first kappa shape index (κ1) is 12.2. The number of aryl methyl sites for hydroxylation is 1. The Morgan fingerprint density at radius 2 is 2.33 bits per heavy atom. The molecule has 1 aromatic heterocycles. The van der Waals surface area contributed by atoms with Crippen LogP contribution in [0.5, 0.6) is 0 Å². The molecule has 0 aromatic carbocycles. The summed E-state index contributed by atoms with van der Waals surface area (Å²) >= 11 is 3.30. The third-order valence-electron chi connectivity index (χ3n) is 1.93. The number of nitrogens with one attached hydrogen (secondary N) is 1. The summed E-state index contributed by atoms with van der Waals surface area (Å²) < 4.78 is 1.31. The van der Waals surface area contributed by atoms with Crippen LogP contribution in [0.25, 0.3) is 0 Å². The van der Waals surface area contributed by atoms with Crippen molar-refractivity contribution in [3.63, 3.8) is 0 Å². The molecule has 0 saturated carbocycles. The topological polar surface area (TPSA) is 46.9 Å². The number of carbonyl (C=O) groups is 1. The molecule has 15 heavy (non-hydrogen) atoms. The monoisotopic (exact) mass is 273 g/mol. The third kappa shape index (κ3) is 4.03. The molecular weight excluding hydrogens is 258 g/mol. The van der Waals surface area contributed by atoms with E-state index in [0.717, 1.165) is 5.56 Å². The minimum absolute atomic E-state index is 0.00798. The first-order chi connectivity index (χ1) is 6.89. The van der Waals surface area contributed by atoms with Crippen LogP contribution in [0.2, 0.25) is 0 Å². The van der Waals surface area contributed by atoms with Gasteiger partial charge in [0.2, 0.25) is 5.91 Å². The zero-order chi connectivity index (χ0) is 11.5. The van der Waals surface area contributed by atoms with E-state index in [9.17, 15) is 4.79 Å². The van der Waals surface area contributed by atoms with Crippen molar-refractivity contribution in [2.75, 3.05) is 6.54 Å². The molecule has 5 heteroatoms. The summed E-state index contributed by atoms with van der Waals surface area (Å²) in [5.41, 5.74) is 1.13. The number of halogens is 1. The lowest BCUT2D eigenvalue weighted by Crippen LogP contribution is -2.39. The third-order valence-corrected chi connectivity index (χ3v) is 2.29. The zero-order valence-electron chi connectivity index (χ0n) is 9.25. The fourth-order valence-corrected chi connectivity index (χ4v) is 1.22. The van der Waals surface area contributed by atoms with E-state index in [4.69, 9.17) is 0 Å². The first-order valence-corrected chi connectivity index (χ1v) is 5.65. The quantitative estimate of drug-likeness (QED) is 0.845. The van der Waals surface area contributed by atoms with Gasteiger partial charge in [-0.05, 0) is 26.3 Å². The molecule has 0 spiro atoms. The fraction of sp³-hybridized carbons (Fsp3) is 0.600. The largest absolute Gasteiger partial charge is 0.353 e. The average molecular weight is 274 g/mol. The van der Waals surface area contributed by atoms with E-state index in [0.29, 0.717) is 13.1 Å². The van der Waals surface area contributed by atoms with Crippen molar-refractivity contribution >= 4 is 21.8 Å². The molecule has 4 nitrogen and oxygen atoms in total. The normalized spacial score (nSPS) is 11.5. The first-order valence-electron chi connectivity index (χ1n) is 4.86. The minimum Gasteiger partial charge on any atom is -0.353 e. The highest BCUT2D eigenvalue weighted by Gasteiger charge is 2.22. The van der Waals surface area contributed by atoms with Gasteiger partial charge in [-0.25, -0.2) is 0 Å². The Hall–Kier alpha value is -0.840.